The van der Waals surface area contributed by atoms with Gasteiger partial charge in [-0.25, -0.2) is 4.98 Å². The zero-order chi connectivity index (χ0) is 12.5. The van der Waals surface area contributed by atoms with Gasteiger partial charge in [-0.1, -0.05) is 42.0 Å². The van der Waals surface area contributed by atoms with Crippen molar-refractivity contribution in [3.63, 3.8) is 0 Å². The van der Waals surface area contributed by atoms with Crippen LogP contribution in [0.4, 0.5) is 0 Å². The normalized spacial score (nSPS) is 13.6. The maximum absolute atomic E-state index is 6.16. The van der Waals surface area contributed by atoms with E-state index in [-0.39, 0.29) is 0 Å². The van der Waals surface area contributed by atoms with Crippen LogP contribution in [-0.4, -0.2) is 9.97 Å². The zero-order valence-corrected chi connectivity index (χ0v) is 11.4. The summed E-state index contributed by atoms with van der Waals surface area (Å²) in [4.78, 5) is 7.89. The van der Waals surface area contributed by atoms with Gasteiger partial charge in [-0.15, -0.1) is 0 Å². The molecule has 0 saturated heterocycles. The minimum atomic E-state index is 0.705. The number of benzene rings is 1. The molecule has 0 spiro atoms. The minimum absolute atomic E-state index is 0.705. The van der Waals surface area contributed by atoms with Gasteiger partial charge in [0.05, 0.1) is 0 Å². The molecule has 1 aromatic carbocycles. The van der Waals surface area contributed by atoms with Gasteiger partial charge >= 0.3 is 0 Å². The molecule has 0 amide bonds. The molecule has 18 heavy (non-hydrogen) atoms. The van der Waals surface area contributed by atoms with Crippen LogP contribution in [0.1, 0.15) is 29.1 Å². The third-order valence-corrected chi connectivity index (χ3v) is 4.03. The fourth-order valence-corrected chi connectivity index (χ4v) is 2.95. The molecule has 0 saturated carbocycles. The van der Waals surface area contributed by atoms with Gasteiger partial charge in [0, 0.05) is 22.7 Å². The third-order valence-electron chi connectivity index (χ3n) is 3.32. The van der Waals surface area contributed by atoms with Crippen LogP contribution in [0.5, 0.6) is 0 Å². The molecule has 1 aromatic heterocycles. The van der Waals surface area contributed by atoms with Gasteiger partial charge in [0.25, 0.3) is 0 Å². The van der Waals surface area contributed by atoms with Crippen molar-refractivity contribution in [1.82, 2.24) is 9.97 Å². The van der Waals surface area contributed by atoms with E-state index in [2.05, 4.69) is 9.97 Å². The maximum Gasteiger partial charge on any atom is 0.133 e. The Balaban J connectivity index is 1.97. The van der Waals surface area contributed by atoms with Crippen LogP contribution in [-0.2, 0) is 19.3 Å². The van der Waals surface area contributed by atoms with Gasteiger partial charge in [-0.2, -0.15) is 0 Å². The van der Waals surface area contributed by atoms with Gasteiger partial charge in [-0.05, 0) is 30.9 Å². The van der Waals surface area contributed by atoms with Crippen LogP contribution in [0, 0.1) is 4.64 Å². The zero-order valence-electron chi connectivity index (χ0n) is 9.87. The van der Waals surface area contributed by atoms with Crippen molar-refractivity contribution in [2.45, 2.75) is 25.7 Å². The number of nitrogens with zero attached hydrogens (tertiary/aromatic N) is 1. The molecule has 4 heteroatoms. The number of aryl methyl sites for hydroxylation is 1. The van der Waals surface area contributed by atoms with E-state index >= 15 is 0 Å². The molecule has 0 atom stereocenters. The van der Waals surface area contributed by atoms with Gasteiger partial charge in [0.1, 0.15) is 10.5 Å². The lowest BCUT2D eigenvalue weighted by molar-refractivity contribution is 0.885. The van der Waals surface area contributed by atoms with Crippen molar-refractivity contribution < 1.29 is 0 Å². The highest BCUT2D eigenvalue weighted by molar-refractivity contribution is 7.71. The molecule has 2 nitrogen and oxygen atoms in total. The van der Waals surface area contributed by atoms with Crippen LogP contribution < -0.4 is 0 Å². The number of hydrogen-bond donors (Lipinski definition) is 1. The molecular weight excluding hydrogens is 264 g/mol. The molecule has 1 N–H and O–H groups in total. The van der Waals surface area contributed by atoms with E-state index in [0.29, 0.717) is 6.42 Å². The smallest absolute Gasteiger partial charge is 0.133 e. The Morgan fingerprint density at radius 1 is 1.28 bits per heavy atom. The van der Waals surface area contributed by atoms with E-state index in [1.165, 1.54) is 17.7 Å². The first-order valence-corrected chi connectivity index (χ1v) is 6.87. The number of fused-ring (bicyclic) bond motifs is 1. The van der Waals surface area contributed by atoms with Crippen LogP contribution in [0.25, 0.3) is 0 Å². The van der Waals surface area contributed by atoms with Gasteiger partial charge in [0.2, 0.25) is 0 Å². The van der Waals surface area contributed by atoms with Crippen LogP contribution in [0.3, 0.4) is 0 Å². The Morgan fingerprint density at radius 3 is 2.94 bits per heavy atom. The van der Waals surface area contributed by atoms with E-state index < -0.39 is 0 Å². The summed E-state index contributed by atoms with van der Waals surface area (Å²) in [5, 5.41) is 0.777. The Hall–Kier alpha value is -1.19. The average Bonchev–Trinajstić information content (AvgIpc) is 2.81. The number of hydrogen-bond acceptors (Lipinski definition) is 2. The molecule has 1 aliphatic rings. The number of aromatic nitrogens is 2. The van der Waals surface area contributed by atoms with E-state index in [0.717, 1.165) is 33.9 Å². The van der Waals surface area contributed by atoms with Crippen molar-refractivity contribution in [2.24, 2.45) is 0 Å². The van der Waals surface area contributed by atoms with Crippen molar-refractivity contribution in [3.05, 3.63) is 56.6 Å². The lowest BCUT2D eigenvalue weighted by Crippen LogP contribution is -2.02. The van der Waals surface area contributed by atoms with E-state index in [4.69, 9.17) is 23.8 Å². The topological polar surface area (TPSA) is 28.7 Å². The lowest BCUT2D eigenvalue weighted by Gasteiger charge is -2.07. The second-order valence-electron chi connectivity index (χ2n) is 4.57. The number of rotatable bonds is 2. The third kappa shape index (κ3) is 2.20. The van der Waals surface area contributed by atoms with E-state index in [1.807, 2.05) is 24.3 Å². The Kier molecular flexibility index (Phi) is 3.18. The molecule has 0 radical (unpaired) electrons. The van der Waals surface area contributed by atoms with Gasteiger partial charge in [-0.3, -0.25) is 0 Å². The van der Waals surface area contributed by atoms with Crippen molar-refractivity contribution in [2.75, 3.05) is 0 Å². The van der Waals surface area contributed by atoms with Crippen LogP contribution in [0.15, 0.2) is 24.3 Å². The van der Waals surface area contributed by atoms with Crippen molar-refractivity contribution >= 4 is 23.8 Å². The first-order chi connectivity index (χ1) is 8.74. The molecule has 2 aromatic rings. The highest BCUT2D eigenvalue weighted by Gasteiger charge is 2.15. The average molecular weight is 277 g/mol. The molecule has 0 bridgehead atoms. The lowest BCUT2D eigenvalue weighted by atomic mass is 10.1. The quantitative estimate of drug-likeness (QED) is 0.844. The van der Waals surface area contributed by atoms with Crippen LogP contribution >= 0.6 is 23.8 Å². The number of aromatic amines is 1. The first-order valence-electron chi connectivity index (χ1n) is 6.08. The predicted molar refractivity (Wildman–Crippen MR) is 75.7 cm³/mol. The predicted octanol–water partition coefficient (Wildman–Crippen LogP) is 3.87. The molecule has 92 valence electrons. The fraction of sp³-hybridized carbons (Fsp3) is 0.286. The van der Waals surface area contributed by atoms with Crippen molar-refractivity contribution in [1.29, 1.82) is 0 Å². The fourth-order valence-electron chi connectivity index (χ4n) is 2.42. The number of halogens is 1. The monoisotopic (exact) mass is 276 g/mol. The number of H-pyrrole nitrogens is 1. The SMILES string of the molecule is S=c1nc(Cc2ccccc2Cl)[nH]c2c1CCC2. The summed E-state index contributed by atoms with van der Waals surface area (Å²) in [7, 11) is 0. The summed E-state index contributed by atoms with van der Waals surface area (Å²) in [5.41, 5.74) is 3.57. The molecule has 0 aliphatic heterocycles. The second-order valence-corrected chi connectivity index (χ2v) is 5.36. The van der Waals surface area contributed by atoms with Gasteiger partial charge in [0.15, 0.2) is 0 Å². The summed E-state index contributed by atoms with van der Waals surface area (Å²) in [6.07, 6.45) is 4.02. The maximum atomic E-state index is 6.16. The number of nitrogens with one attached hydrogen (secondary N) is 1. The highest BCUT2D eigenvalue weighted by atomic mass is 35.5. The Bertz CT molecular complexity index is 648. The second kappa shape index (κ2) is 4.82. The largest absolute Gasteiger partial charge is 0.347 e. The van der Waals surface area contributed by atoms with E-state index in [9.17, 15) is 0 Å². The van der Waals surface area contributed by atoms with Gasteiger partial charge < -0.3 is 4.98 Å². The summed E-state index contributed by atoms with van der Waals surface area (Å²) < 4.78 is 0.753. The van der Waals surface area contributed by atoms with Crippen molar-refractivity contribution in [3.8, 4) is 0 Å². The highest BCUT2D eigenvalue weighted by Crippen LogP contribution is 2.22. The first kappa shape index (κ1) is 11.9. The minimum Gasteiger partial charge on any atom is -0.347 e. The molecule has 1 aliphatic carbocycles. The van der Waals surface area contributed by atoms with E-state index in [1.54, 1.807) is 0 Å². The summed E-state index contributed by atoms with van der Waals surface area (Å²) in [6.45, 7) is 0. The Labute approximate surface area is 116 Å². The summed E-state index contributed by atoms with van der Waals surface area (Å²) in [5.74, 6) is 0.911. The molecular formula is C14H13ClN2S. The molecule has 1 heterocycles. The summed E-state index contributed by atoms with van der Waals surface area (Å²) in [6, 6.07) is 7.85. The molecule has 3 rings (SSSR count). The molecule has 0 fully saturated rings. The standard InChI is InChI=1S/C14H13ClN2S/c15-11-6-2-1-4-9(11)8-13-16-12-7-3-5-10(12)14(18)17-13/h1-2,4,6H,3,5,7-8H2,(H,16,17,18). The Morgan fingerprint density at radius 2 is 2.11 bits per heavy atom. The van der Waals surface area contributed by atoms with Crippen LogP contribution in [0.2, 0.25) is 5.02 Å². The summed E-state index contributed by atoms with van der Waals surface area (Å²) >= 11 is 11.5. The molecule has 0 unspecified atom stereocenters.